The molecule has 0 aromatic carbocycles. The van der Waals surface area contributed by atoms with Gasteiger partial charge in [-0.25, -0.2) is 4.79 Å². The van der Waals surface area contributed by atoms with Crippen LogP contribution in [0.25, 0.3) is 0 Å². The molecular formula is C16H27N3O4. The van der Waals surface area contributed by atoms with E-state index in [-0.39, 0.29) is 18.4 Å². The molecule has 0 aromatic heterocycles. The molecule has 0 unspecified atom stereocenters. The van der Waals surface area contributed by atoms with Gasteiger partial charge in [-0.2, -0.15) is 0 Å². The van der Waals surface area contributed by atoms with Crippen LogP contribution in [-0.4, -0.2) is 54.6 Å². The topological polar surface area (TPSA) is 87.7 Å². The van der Waals surface area contributed by atoms with E-state index in [1.807, 2.05) is 0 Å². The number of nitrogens with one attached hydrogen (secondary N) is 2. The molecule has 1 fully saturated rings. The predicted molar refractivity (Wildman–Crippen MR) is 86.7 cm³/mol. The lowest BCUT2D eigenvalue weighted by Gasteiger charge is -2.32. The van der Waals surface area contributed by atoms with Crippen molar-refractivity contribution in [2.24, 2.45) is 5.92 Å². The molecular weight excluding hydrogens is 298 g/mol. The van der Waals surface area contributed by atoms with Gasteiger partial charge in [-0.05, 0) is 45.6 Å². The zero-order valence-electron chi connectivity index (χ0n) is 14.2. The number of hydrogen-bond acceptors (Lipinski definition) is 4. The molecule has 7 heteroatoms. The lowest BCUT2D eigenvalue weighted by atomic mass is 9.96. The van der Waals surface area contributed by atoms with Gasteiger partial charge >= 0.3 is 6.09 Å². The number of nitrogens with zero attached hydrogens (tertiary/aromatic N) is 1. The summed E-state index contributed by atoms with van der Waals surface area (Å²) in [6.45, 7) is 10.5. The Morgan fingerprint density at radius 3 is 2.35 bits per heavy atom. The van der Waals surface area contributed by atoms with Crippen LogP contribution in [0, 0.1) is 5.92 Å². The number of amides is 3. The van der Waals surface area contributed by atoms with Gasteiger partial charge in [0.05, 0.1) is 0 Å². The van der Waals surface area contributed by atoms with Crippen molar-refractivity contribution < 1.29 is 19.1 Å². The third kappa shape index (κ3) is 7.67. The molecule has 0 saturated carbocycles. The lowest BCUT2D eigenvalue weighted by Crippen LogP contribution is -2.46. The zero-order valence-corrected chi connectivity index (χ0v) is 14.2. The number of likely N-dealkylation sites (tertiary alicyclic amines) is 1. The van der Waals surface area contributed by atoms with Gasteiger partial charge in [-0.15, -0.1) is 0 Å². The third-order valence-corrected chi connectivity index (χ3v) is 3.50. The van der Waals surface area contributed by atoms with Gasteiger partial charge in [0, 0.05) is 19.6 Å². The SMILES string of the molecule is C=CC(=O)NCC1CCN(C(=O)CNC(=O)OC(C)(C)C)CC1. The summed E-state index contributed by atoms with van der Waals surface area (Å²) in [7, 11) is 0. The third-order valence-electron chi connectivity index (χ3n) is 3.50. The number of rotatable bonds is 5. The molecule has 0 atom stereocenters. The van der Waals surface area contributed by atoms with Crippen LogP contribution in [0.15, 0.2) is 12.7 Å². The maximum absolute atomic E-state index is 12.1. The largest absolute Gasteiger partial charge is 0.444 e. The van der Waals surface area contributed by atoms with E-state index in [2.05, 4.69) is 17.2 Å². The fourth-order valence-corrected chi connectivity index (χ4v) is 2.28. The Balaban J connectivity index is 2.26. The molecule has 130 valence electrons. The molecule has 1 heterocycles. The minimum atomic E-state index is -0.590. The van der Waals surface area contributed by atoms with E-state index in [1.165, 1.54) is 6.08 Å². The van der Waals surface area contributed by atoms with E-state index in [1.54, 1.807) is 25.7 Å². The summed E-state index contributed by atoms with van der Waals surface area (Å²) in [5.41, 5.74) is -0.582. The highest BCUT2D eigenvalue weighted by molar-refractivity contribution is 5.86. The minimum Gasteiger partial charge on any atom is -0.444 e. The molecule has 1 saturated heterocycles. The van der Waals surface area contributed by atoms with Gasteiger partial charge in [0.15, 0.2) is 0 Å². The zero-order chi connectivity index (χ0) is 17.5. The number of piperidine rings is 1. The predicted octanol–water partition coefficient (Wildman–Crippen LogP) is 1.05. The second kappa shape index (κ2) is 8.55. The Morgan fingerprint density at radius 1 is 1.22 bits per heavy atom. The molecule has 1 aliphatic rings. The highest BCUT2D eigenvalue weighted by Gasteiger charge is 2.24. The summed E-state index contributed by atoms with van der Waals surface area (Å²) in [6.07, 6.45) is 2.32. The van der Waals surface area contributed by atoms with Crippen LogP contribution in [0.4, 0.5) is 4.79 Å². The molecule has 3 amide bonds. The van der Waals surface area contributed by atoms with E-state index in [0.29, 0.717) is 25.6 Å². The van der Waals surface area contributed by atoms with E-state index >= 15 is 0 Å². The Bertz CT molecular complexity index is 449. The van der Waals surface area contributed by atoms with Crippen LogP contribution in [0.1, 0.15) is 33.6 Å². The van der Waals surface area contributed by atoms with Crippen LogP contribution in [0.3, 0.4) is 0 Å². The Kier molecular flexibility index (Phi) is 7.06. The molecule has 2 N–H and O–H groups in total. The van der Waals surface area contributed by atoms with Gasteiger partial charge in [0.25, 0.3) is 0 Å². The number of alkyl carbamates (subject to hydrolysis) is 1. The fraction of sp³-hybridized carbons (Fsp3) is 0.688. The van der Waals surface area contributed by atoms with Crippen molar-refractivity contribution in [1.29, 1.82) is 0 Å². The summed E-state index contributed by atoms with van der Waals surface area (Å²) in [6, 6.07) is 0. The first-order chi connectivity index (χ1) is 10.7. The maximum Gasteiger partial charge on any atom is 0.408 e. The van der Waals surface area contributed by atoms with Crippen LogP contribution in [0.5, 0.6) is 0 Å². The number of carbonyl (C=O) groups excluding carboxylic acids is 3. The van der Waals surface area contributed by atoms with Crippen LogP contribution >= 0.6 is 0 Å². The average Bonchev–Trinajstić information content (AvgIpc) is 2.49. The first kappa shape index (κ1) is 19.0. The van der Waals surface area contributed by atoms with Crippen molar-refractivity contribution in [3.8, 4) is 0 Å². The van der Waals surface area contributed by atoms with Crippen LogP contribution in [0.2, 0.25) is 0 Å². The second-order valence-corrected chi connectivity index (χ2v) is 6.63. The maximum atomic E-state index is 12.1. The minimum absolute atomic E-state index is 0.0627. The normalized spacial score (nSPS) is 15.7. The van der Waals surface area contributed by atoms with Crippen molar-refractivity contribution in [3.05, 3.63) is 12.7 Å². The highest BCUT2D eigenvalue weighted by atomic mass is 16.6. The second-order valence-electron chi connectivity index (χ2n) is 6.63. The first-order valence-electron chi connectivity index (χ1n) is 7.86. The number of carbonyl (C=O) groups is 3. The molecule has 0 radical (unpaired) electrons. The number of ether oxygens (including phenoxy) is 1. The molecule has 23 heavy (non-hydrogen) atoms. The Morgan fingerprint density at radius 2 is 1.83 bits per heavy atom. The quantitative estimate of drug-likeness (QED) is 0.740. The Labute approximate surface area is 137 Å². The van der Waals surface area contributed by atoms with E-state index in [9.17, 15) is 14.4 Å². The highest BCUT2D eigenvalue weighted by Crippen LogP contribution is 2.16. The molecule has 0 aromatic rings. The van der Waals surface area contributed by atoms with Crippen molar-refractivity contribution in [3.63, 3.8) is 0 Å². The molecule has 7 nitrogen and oxygen atoms in total. The van der Waals surface area contributed by atoms with Crippen molar-refractivity contribution in [1.82, 2.24) is 15.5 Å². The fourth-order valence-electron chi connectivity index (χ4n) is 2.28. The standard InChI is InChI=1S/C16H27N3O4/c1-5-13(20)17-10-12-6-8-19(9-7-12)14(21)11-18-15(22)23-16(2,3)4/h5,12H,1,6-11H2,2-4H3,(H,17,20)(H,18,22). The smallest absolute Gasteiger partial charge is 0.408 e. The number of hydrogen-bond donors (Lipinski definition) is 2. The van der Waals surface area contributed by atoms with Crippen molar-refractivity contribution >= 4 is 17.9 Å². The van der Waals surface area contributed by atoms with E-state index in [4.69, 9.17) is 4.74 Å². The summed E-state index contributed by atoms with van der Waals surface area (Å²) in [5, 5.41) is 5.25. The van der Waals surface area contributed by atoms with Gasteiger partial charge in [-0.3, -0.25) is 9.59 Å². The molecule has 1 aliphatic heterocycles. The summed E-state index contributed by atoms with van der Waals surface area (Å²) < 4.78 is 5.09. The molecule has 0 bridgehead atoms. The summed E-state index contributed by atoms with van der Waals surface area (Å²) >= 11 is 0. The lowest BCUT2D eigenvalue weighted by molar-refractivity contribution is -0.131. The average molecular weight is 325 g/mol. The first-order valence-corrected chi connectivity index (χ1v) is 7.86. The Hall–Kier alpha value is -2.05. The molecule has 0 aliphatic carbocycles. The monoisotopic (exact) mass is 325 g/mol. The van der Waals surface area contributed by atoms with Crippen molar-refractivity contribution in [2.75, 3.05) is 26.2 Å². The van der Waals surface area contributed by atoms with Crippen molar-refractivity contribution in [2.45, 2.75) is 39.2 Å². The molecule has 0 spiro atoms. The van der Waals surface area contributed by atoms with Gasteiger partial charge in [0.1, 0.15) is 12.1 Å². The summed E-state index contributed by atoms with van der Waals surface area (Å²) in [5.74, 6) is 0.0660. The van der Waals surface area contributed by atoms with E-state index in [0.717, 1.165) is 12.8 Å². The van der Waals surface area contributed by atoms with E-state index < -0.39 is 11.7 Å². The molecule has 1 rings (SSSR count). The summed E-state index contributed by atoms with van der Waals surface area (Å²) in [4.78, 5) is 36.4. The van der Waals surface area contributed by atoms with Gasteiger partial charge in [-0.1, -0.05) is 6.58 Å². The van der Waals surface area contributed by atoms with Crippen LogP contribution in [-0.2, 0) is 14.3 Å². The van der Waals surface area contributed by atoms with Crippen LogP contribution < -0.4 is 10.6 Å². The van der Waals surface area contributed by atoms with Gasteiger partial charge in [0.2, 0.25) is 11.8 Å². The van der Waals surface area contributed by atoms with Gasteiger partial charge < -0.3 is 20.3 Å².